The van der Waals surface area contributed by atoms with Crippen molar-refractivity contribution in [1.82, 2.24) is 10.6 Å². The molecule has 4 rings (SSSR count). The smallest absolute Gasteiger partial charge is 0.251 e. The Balaban J connectivity index is 1.24. The first kappa shape index (κ1) is 32.6. The van der Waals surface area contributed by atoms with Crippen LogP contribution in [-0.4, -0.2) is 29.6 Å². The number of carbonyl (C=O) groups excluding carboxylic acids is 2. The maximum atomic E-state index is 12.5. The summed E-state index contributed by atoms with van der Waals surface area (Å²) in [6.07, 6.45) is 6.11. The van der Waals surface area contributed by atoms with Gasteiger partial charge in [-0.05, 0) is 100 Å². The minimum atomic E-state index is -0.516. The van der Waals surface area contributed by atoms with Gasteiger partial charge in [0.1, 0.15) is 17.0 Å². The van der Waals surface area contributed by atoms with Crippen LogP contribution >= 0.6 is 0 Å². The predicted molar refractivity (Wildman–Crippen MR) is 172 cm³/mol. The van der Waals surface area contributed by atoms with Crippen LogP contribution in [0.5, 0.6) is 5.75 Å². The van der Waals surface area contributed by atoms with Crippen LogP contribution in [-0.2, 0) is 11.3 Å². The van der Waals surface area contributed by atoms with E-state index in [-0.39, 0.29) is 11.8 Å². The topological polar surface area (TPSA) is 124 Å². The van der Waals surface area contributed by atoms with Crippen molar-refractivity contribution < 1.29 is 19.1 Å². The fourth-order valence-corrected chi connectivity index (χ4v) is 5.35. The van der Waals surface area contributed by atoms with Gasteiger partial charge in [-0.2, -0.15) is 10.5 Å². The van der Waals surface area contributed by atoms with Gasteiger partial charge in [-0.1, -0.05) is 29.8 Å². The van der Waals surface area contributed by atoms with Gasteiger partial charge in [-0.15, -0.1) is 0 Å². The second-order valence-electron chi connectivity index (χ2n) is 12.2. The van der Waals surface area contributed by atoms with Crippen molar-refractivity contribution in [1.29, 1.82) is 10.5 Å². The fraction of sp³-hybridized carbons (Fsp3) is 0.297. The number of allylic oxidation sites excluding steroid dienone is 3. The molecule has 1 aliphatic rings. The number of nitrogens with one attached hydrogen (secondary N) is 2. The molecular formula is C37H38N4O4. The molecular weight excluding hydrogens is 564 g/mol. The second kappa shape index (κ2) is 14.4. The Hall–Kier alpha value is -5.34. The molecule has 0 heterocycles. The maximum Gasteiger partial charge on any atom is 0.251 e. The molecule has 0 aromatic heterocycles. The monoisotopic (exact) mass is 602 g/mol. The molecule has 0 bridgehead atoms. The zero-order chi connectivity index (χ0) is 32.5. The number of amides is 2. The van der Waals surface area contributed by atoms with Gasteiger partial charge in [0.15, 0.2) is 0 Å². The quantitative estimate of drug-likeness (QED) is 0.237. The average Bonchev–Trinajstić information content (AvgIpc) is 3.03. The minimum absolute atomic E-state index is 0.200. The molecule has 8 nitrogen and oxygen atoms in total. The molecule has 3 aromatic rings. The lowest BCUT2D eigenvalue weighted by Gasteiger charge is -2.36. The number of ether oxygens (including phenoxy) is 2. The Morgan fingerprint density at radius 3 is 2.02 bits per heavy atom. The normalized spacial score (nSPS) is 12.9. The molecule has 3 aromatic carbocycles. The van der Waals surface area contributed by atoms with E-state index in [9.17, 15) is 9.59 Å². The van der Waals surface area contributed by atoms with Gasteiger partial charge in [0.25, 0.3) is 11.8 Å². The van der Waals surface area contributed by atoms with Crippen molar-refractivity contribution >= 4 is 11.8 Å². The van der Waals surface area contributed by atoms with E-state index in [1.54, 1.807) is 48.5 Å². The first-order chi connectivity index (χ1) is 21.4. The predicted octanol–water partition coefficient (Wildman–Crippen LogP) is 6.74. The van der Waals surface area contributed by atoms with Crippen LogP contribution in [0.1, 0.15) is 84.4 Å². The molecule has 0 spiro atoms. The van der Waals surface area contributed by atoms with Crippen LogP contribution in [0.15, 0.2) is 96.3 Å². The molecule has 0 fully saturated rings. The van der Waals surface area contributed by atoms with Crippen LogP contribution in [0.2, 0.25) is 0 Å². The van der Waals surface area contributed by atoms with Crippen LogP contribution in [0.4, 0.5) is 0 Å². The van der Waals surface area contributed by atoms with Crippen LogP contribution < -0.4 is 15.4 Å². The highest BCUT2D eigenvalue weighted by Crippen LogP contribution is 2.32. The first-order valence-electron chi connectivity index (χ1n) is 14.9. The molecule has 0 radical (unpaired) electrons. The number of carbonyl (C=O) groups is 2. The summed E-state index contributed by atoms with van der Waals surface area (Å²) in [7, 11) is 0. The Kier molecular flexibility index (Phi) is 10.4. The third-order valence-electron chi connectivity index (χ3n) is 7.23. The Morgan fingerprint density at radius 1 is 0.733 bits per heavy atom. The Labute approximate surface area is 265 Å². The fourth-order valence-electron chi connectivity index (χ4n) is 5.35. The highest BCUT2D eigenvalue weighted by Gasteiger charge is 2.33. The highest BCUT2D eigenvalue weighted by molar-refractivity contribution is 5.95. The number of nitrogens with zero attached hydrogens (tertiary/aromatic N) is 2. The standard InChI is InChI=1S/C37H38N4O4/c1-36(2,44-32-16-10-27(11-17-32)23-40-34(42)30-14-8-26(21-38)9-15-30)25-37(3,4)45-33-18-12-28(13-19-33)24-41-35(43)31-7-5-6-29(20-31)22-39/h5-12,14-18,20H,13,19,23-25H2,1-4H3,(H,40,42)(H,41,43). The largest absolute Gasteiger partial charge is 0.492 e. The van der Waals surface area contributed by atoms with E-state index in [4.69, 9.17) is 20.0 Å². The molecule has 0 unspecified atom stereocenters. The molecule has 45 heavy (non-hydrogen) atoms. The van der Waals surface area contributed by atoms with Gasteiger partial charge < -0.3 is 20.1 Å². The Morgan fingerprint density at radius 2 is 1.38 bits per heavy atom. The van der Waals surface area contributed by atoms with Gasteiger partial charge in [0, 0.05) is 37.1 Å². The zero-order valence-electron chi connectivity index (χ0n) is 26.1. The van der Waals surface area contributed by atoms with Gasteiger partial charge in [0.05, 0.1) is 29.0 Å². The Bertz CT molecular complexity index is 1670. The number of hydrogen-bond acceptors (Lipinski definition) is 6. The van der Waals surface area contributed by atoms with Gasteiger partial charge in [-0.3, -0.25) is 9.59 Å². The number of rotatable bonds is 12. The maximum absolute atomic E-state index is 12.5. The van der Waals surface area contributed by atoms with Crippen molar-refractivity contribution in [2.45, 2.75) is 64.7 Å². The molecule has 0 saturated heterocycles. The van der Waals surface area contributed by atoms with Crippen LogP contribution in [0.25, 0.3) is 0 Å². The van der Waals surface area contributed by atoms with E-state index in [1.165, 1.54) is 0 Å². The zero-order valence-corrected chi connectivity index (χ0v) is 26.1. The molecule has 2 amide bonds. The number of hydrogen-bond donors (Lipinski definition) is 2. The third-order valence-corrected chi connectivity index (χ3v) is 7.23. The summed E-state index contributed by atoms with van der Waals surface area (Å²) in [4.78, 5) is 24.9. The SMILES string of the molecule is CC(C)(CC(C)(C)Oc1ccc(CNC(=O)c2ccc(C#N)cc2)cc1)OC1=CC=C(CNC(=O)c2cccc(C#N)c2)CC1. The summed E-state index contributed by atoms with van der Waals surface area (Å²) in [5.74, 6) is 1.21. The molecule has 0 saturated carbocycles. The van der Waals surface area contributed by atoms with Gasteiger partial charge in [0.2, 0.25) is 0 Å². The molecule has 2 N–H and O–H groups in total. The molecule has 8 heteroatoms. The van der Waals surface area contributed by atoms with E-state index in [2.05, 4.69) is 16.7 Å². The summed E-state index contributed by atoms with van der Waals surface area (Å²) in [5.41, 5.74) is 2.98. The van der Waals surface area contributed by atoms with Crippen molar-refractivity contribution in [2.24, 2.45) is 0 Å². The van der Waals surface area contributed by atoms with Crippen molar-refractivity contribution in [3.05, 3.63) is 124 Å². The summed E-state index contributed by atoms with van der Waals surface area (Å²) < 4.78 is 12.7. The van der Waals surface area contributed by atoms with Crippen molar-refractivity contribution in [3.63, 3.8) is 0 Å². The van der Waals surface area contributed by atoms with Crippen LogP contribution in [0, 0.1) is 22.7 Å². The lowest BCUT2D eigenvalue weighted by molar-refractivity contribution is -0.0352. The lowest BCUT2D eigenvalue weighted by Crippen LogP contribution is -2.39. The lowest BCUT2D eigenvalue weighted by atomic mass is 9.91. The highest BCUT2D eigenvalue weighted by atomic mass is 16.5. The summed E-state index contributed by atoms with van der Waals surface area (Å²) in [5, 5.41) is 23.8. The van der Waals surface area contributed by atoms with E-state index in [0.29, 0.717) is 41.8 Å². The minimum Gasteiger partial charge on any atom is -0.492 e. The first-order valence-corrected chi connectivity index (χ1v) is 14.9. The van der Waals surface area contributed by atoms with Crippen molar-refractivity contribution in [3.8, 4) is 17.9 Å². The summed E-state index contributed by atoms with van der Waals surface area (Å²) in [6.45, 7) is 8.97. The van der Waals surface area contributed by atoms with Gasteiger partial charge in [-0.25, -0.2) is 0 Å². The van der Waals surface area contributed by atoms with Crippen molar-refractivity contribution in [2.75, 3.05) is 6.54 Å². The summed E-state index contributed by atoms with van der Waals surface area (Å²) >= 11 is 0. The number of nitriles is 2. The number of benzene rings is 3. The third kappa shape index (κ3) is 9.84. The molecule has 230 valence electrons. The molecule has 0 atom stereocenters. The molecule has 1 aliphatic carbocycles. The van der Waals surface area contributed by atoms with E-state index < -0.39 is 11.2 Å². The molecule has 0 aliphatic heterocycles. The van der Waals surface area contributed by atoms with Crippen LogP contribution in [0.3, 0.4) is 0 Å². The summed E-state index contributed by atoms with van der Waals surface area (Å²) in [6, 6.07) is 24.9. The average molecular weight is 603 g/mol. The second-order valence-corrected chi connectivity index (χ2v) is 12.2. The van der Waals surface area contributed by atoms with E-state index in [1.807, 2.05) is 70.2 Å². The van der Waals surface area contributed by atoms with Gasteiger partial charge >= 0.3 is 0 Å². The van der Waals surface area contributed by atoms with E-state index >= 15 is 0 Å². The van der Waals surface area contributed by atoms with E-state index in [0.717, 1.165) is 35.5 Å².